The lowest BCUT2D eigenvalue weighted by molar-refractivity contribution is -0.128. The number of aromatic nitrogens is 5. The largest absolute Gasteiger partial charge is 0.493 e. The first-order valence-electron chi connectivity index (χ1n) is 14.8. The third-order valence-corrected chi connectivity index (χ3v) is 8.61. The monoisotopic (exact) mass is 635 g/mol. The van der Waals surface area contributed by atoms with Crippen LogP contribution in [-0.2, 0) is 11.2 Å². The normalized spacial score (nSPS) is 18.2. The minimum Gasteiger partial charge on any atom is -0.493 e. The first-order chi connectivity index (χ1) is 21.5. The van der Waals surface area contributed by atoms with Crippen LogP contribution in [0.3, 0.4) is 0 Å². The number of fused-ring (bicyclic) bond motifs is 5. The van der Waals surface area contributed by atoms with Crippen LogP contribution in [0.5, 0.6) is 5.75 Å². The summed E-state index contributed by atoms with van der Waals surface area (Å²) in [5, 5.41) is 0.420. The zero-order valence-electron chi connectivity index (χ0n) is 25.4. The minimum absolute atomic E-state index is 0.0111. The molecule has 0 spiro atoms. The first-order valence-corrected chi connectivity index (χ1v) is 15.2. The summed E-state index contributed by atoms with van der Waals surface area (Å²) in [6, 6.07) is 3.42. The van der Waals surface area contributed by atoms with Crippen LogP contribution in [0.25, 0.3) is 28.0 Å². The first kappa shape index (κ1) is 30.6. The molecule has 3 aromatic heterocycles. The fourth-order valence-corrected chi connectivity index (χ4v) is 6.37. The molecule has 0 unspecified atom stereocenters. The second kappa shape index (κ2) is 11.8. The predicted octanol–water partition coefficient (Wildman–Crippen LogP) is 5.23. The fraction of sp³-hybridized carbons (Fsp3) is 0.375. The lowest BCUT2D eigenvalue weighted by Crippen LogP contribution is -2.58. The predicted molar refractivity (Wildman–Crippen MR) is 167 cm³/mol. The van der Waals surface area contributed by atoms with E-state index in [0.717, 1.165) is 6.07 Å². The molecule has 13 heteroatoms. The Morgan fingerprint density at radius 2 is 1.93 bits per heavy atom. The Labute approximate surface area is 263 Å². The third kappa shape index (κ3) is 5.20. The Hall–Kier alpha value is -4.45. The molecular weight excluding hydrogens is 604 g/mol. The van der Waals surface area contributed by atoms with Gasteiger partial charge in [-0.05, 0) is 56.9 Å². The van der Waals surface area contributed by atoms with Gasteiger partial charge >= 0.3 is 5.69 Å². The molecule has 2 bridgehead atoms. The summed E-state index contributed by atoms with van der Waals surface area (Å²) in [5.41, 5.74) is 0.784. The van der Waals surface area contributed by atoms with E-state index in [9.17, 15) is 14.0 Å². The molecule has 1 saturated heterocycles. The van der Waals surface area contributed by atoms with Gasteiger partial charge in [-0.15, -0.1) is 0 Å². The number of pyridine rings is 1. The van der Waals surface area contributed by atoms with Crippen LogP contribution in [0.15, 0.2) is 42.0 Å². The van der Waals surface area contributed by atoms with Gasteiger partial charge in [0.1, 0.15) is 17.9 Å². The lowest BCUT2D eigenvalue weighted by atomic mass is 10.0. The van der Waals surface area contributed by atoms with Crippen LogP contribution in [0.2, 0.25) is 5.02 Å². The number of benzene rings is 1. The highest BCUT2D eigenvalue weighted by Gasteiger charge is 2.34. The Morgan fingerprint density at radius 1 is 1.16 bits per heavy atom. The average molecular weight is 636 g/mol. The van der Waals surface area contributed by atoms with Gasteiger partial charge in [0.25, 0.3) is 0 Å². The number of rotatable bonds is 3. The molecule has 0 aliphatic carbocycles. The van der Waals surface area contributed by atoms with Crippen molar-refractivity contribution in [3.8, 4) is 22.7 Å². The van der Waals surface area contributed by atoms with Gasteiger partial charge in [-0.1, -0.05) is 32.0 Å². The van der Waals surface area contributed by atoms with Crippen LogP contribution >= 0.6 is 11.6 Å². The van der Waals surface area contributed by atoms with Gasteiger partial charge in [-0.25, -0.2) is 33.1 Å². The Kier molecular flexibility index (Phi) is 8.02. The molecule has 0 N–H and O–H groups in total. The molecule has 0 saturated carbocycles. The summed E-state index contributed by atoms with van der Waals surface area (Å²) in [5.74, 6) is -2.18. The van der Waals surface area contributed by atoms with Crippen molar-refractivity contribution in [1.29, 1.82) is 0 Å². The van der Waals surface area contributed by atoms with Gasteiger partial charge in [-0.2, -0.15) is 4.98 Å². The van der Waals surface area contributed by atoms with E-state index in [0.29, 0.717) is 54.2 Å². The molecule has 1 fully saturated rings. The summed E-state index contributed by atoms with van der Waals surface area (Å²) in [6.45, 7) is 12.2. The third-order valence-electron chi connectivity index (χ3n) is 8.32. The quantitative estimate of drug-likeness (QED) is 0.282. The van der Waals surface area contributed by atoms with Crippen molar-refractivity contribution in [2.24, 2.45) is 0 Å². The van der Waals surface area contributed by atoms with Gasteiger partial charge in [0.2, 0.25) is 5.91 Å². The summed E-state index contributed by atoms with van der Waals surface area (Å²) in [6.07, 6.45) is 3.61. The molecular formula is C32H32ClF2N7O3. The van der Waals surface area contributed by atoms with Gasteiger partial charge in [0, 0.05) is 25.2 Å². The second-order valence-electron chi connectivity index (χ2n) is 11.7. The van der Waals surface area contributed by atoms with Gasteiger partial charge in [-0.3, -0.25) is 4.79 Å². The fourth-order valence-electron chi connectivity index (χ4n) is 6.12. The van der Waals surface area contributed by atoms with Crippen molar-refractivity contribution >= 4 is 34.4 Å². The minimum atomic E-state index is -1.17. The van der Waals surface area contributed by atoms with Crippen molar-refractivity contribution in [3.63, 3.8) is 0 Å². The Bertz CT molecular complexity index is 1910. The number of hydrogen-bond acceptors (Lipinski definition) is 8. The molecule has 6 rings (SSSR count). The van der Waals surface area contributed by atoms with Crippen molar-refractivity contribution in [2.45, 2.75) is 58.5 Å². The van der Waals surface area contributed by atoms with Crippen LogP contribution in [-0.4, -0.2) is 67.1 Å². The van der Waals surface area contributed by atoms with Crippen molar-refractivity contribution in [2.75, 3.05) is 24.6 Å². The number of amides is 1. The zero-order chi connectivity index (χ0) is 32.2. The van der Waals surface area contributed by atoms with E-state index in [1.165, 1.54) is 23.0 Å². The second-order valence-corrected chi connectivity index (χ2v) is 12.1. The molecule has 0 radical (unpaired) electrons. The SMILES string of the molecule is C=CC(=O)N1C[C@H](C)N(c2nc(=O)n3c4nc(c(Cl)cc24)-c2c(ccc(F)c2F)OCCCc2ncnc(C(C)C)c2-3)C[C@H]1C. The topological polar surface area (TPSA) is 106 Å². The number of ether oxygens (including phenoxy) is 1. The molecule has 5 heterocycles. The molecule has 1 aromatic carbocycles. The molecule has 1 amide bonds. The molecule has 4 aromatic rings. The molecule has 2 atom stereocenters. The van der Waals surface area contributed by atoms with E-state index in [2.05, 4.69) is 21.5 Å². The number of piperazine rings is 1. The van der Waals surface area contributed by atoms with Gasteiger partial charge in [0.05, 0.1) is 45.3 Å². The standard InChI is InChI=1S/C32H32ClF2N7O3/c1-6-24(43)40-13-18(5)41(14-17(40)4)30-19-12-20(33)28-25-23(10-9-21(34)26(25)35)45-11-7-8-22-29(27(16(2)3)37-15-36-22)42(31(19)38-28)32(44)39-30/h6,9-10,12,15-18H,1,7-8,11,13-14H2,2-5H3/t17-,18+/m1/s1. The maximum Gasteiger partial charge on any atom is 0.355 e. The van der Waals surface area contributed by atoms with Crippen molar-refractivity contribution in [3.05, 3.63) is 75.7 Å². The number of hydrogen-bond donors (Lipinski definition) is 0. The van der Waals surface area contributed by atoms with E-state index in [1.807, 2.05) is 32.6 Å². The maximum atomic E-state index is 15.5. The van der Waals surface area contributed by atoms with Gasteiger partial charge in [0.15, 0.2) is 17.3 Å². The lowest BCUT2D eigenvalue weighted by Gasteiger charge is -2.44. The molecule has 10 nitrogen and oxygen atoms in total. The summed E-state index contributed by atoms with van der Waals surface area (Å²) in [4.78, 5) is 48.8. The number of carbonyl (C=O) groups is 1. The molecule has 234 valence electrons. The Morgan fingerprint density at radius 3 is 2.67 bits per heavy atom. The highest BCUT2D eigenvalue weighted by atomic mass is 35.5. The van der Waals surface area contributed by atoms with E-state index < -0.39 is 17.3 Å². The number of halogens is 3. The summed E-state index contributed by atoms with van der Waals surface area (Å²) < 4.78 is 37.5. The molecule has 2 aliphatic rings. The van der Waals surface area contributed by atoms with Crippen LogP contribution < -0.4 is 15.3 Å². The summed E-state index contributed by atoms with van der Waals surface area (Å²) >= 11 is 6.83. The highest BCUT2D eigenvalue weighted by Crippen LogP contribution is 2.41. The number of aryl methyl sites for hydroxylation is 1. The van der Waals surface area contributed by atoms with E-state index in [-0.39, 0.29) is 58.2 Å². The highest BCUT2D eigenvalue weighted by molar-refractivity contribution is 6.34. The molecule has 45 heavy (non-hydrogen) atoms. The van der Waals surface area contributed by atoms with Crippen LogP contribution in [0.1, 0.15) is 51.4 Å². The zero-order valence-corrected chi connectivity index (χ0v) is 26.1. The van der Waals surface area contributed by atoms with E-state index in [4.69, 9.17) is 21.3 Å². The van der Waals surface area contributed by atoms with Crippen LogP contribution in [0, 0.1) is 11.6 Å². The average Bonchev–Trinajstić information content (AvgIpc) is 3.01. The van der Waals surface area contributed by atoms with Crippen LogP contribution in [0.4, 0.5) is 14.6 Å². The Balaban J connectivity index is 1.70. The maximum absolute atomic E-state index is 15.5. The summed E-state index contributed by atoms with van der Waals surface area (Å²) in [7, 11) is 0. The number of nitrogens with zero attached hydrogens (tertiary/aromatic N) is 7. The van der Waals surface area contributed by atoms with E-state index >= 15 is 4.39 Å². The smallest absolute Gasteiger partial charge is 0.355 e. The van der Waals surface area contributed by atoms with Crippen molar-refractivity contribution < 1.29 is 18.3 Å². The number of anilines is 1. The van der Waals surface area contributed by atoms with Crippen molar-refractivity contribution in [1.82, 2.24) is 29.4 Å². The number of carbonyl (C=O) groups excluding carboxylic acids is 1. The molecule has 2 aliphatic heterocycles. The van der Waals surface area contributed by atoms with E-state index in [1.54, 1.807) is 11.0 Å². The van der Waals surface area contributed by atoms with Gasteiger partial charge < -0.3 is 14.5 Å².